The quantitative estimate of drug-likeness (QED) is 0.440. The maximum atomic E-state index is 14.1. The van der Waals surface area contributed by atoms with Crippen LogP contribution in [0.1, 0.15) is 13.0 Å². The summed E-state index contributed by atoms with van der Waals surface area (Å²) in [4.78, 5) is 21.9. The van der Waals surface area contributed by atoms with Crippen molar-refractivity contribution >= 4 is 28.2 Å². The second-order valence-electron chi connectivity index (χ2n) is 7.17. The second-order valence-corrected chi connectivity index (χ2v) is 7.58. The van der Waals surface area contributed by atoms with Gasteiger partial charge in [0.05, 0.1) is 34.3 Å². The van der Waals surface area contributed by atoms with E-state index in [1.165, 1.54) is 17.0 Å². The van der Waals surface area contributed by atoms with E-state index >= 15 is 0 Å². The zero-order chi connectivity index (χ0) is 22.6. The molecule has 0 bridgehead atoms. The first-order chi connectivity index (χ1) is 15.4. The monoisotopic (exact) mass is 457 g/mol. The summed E-state index contributed by atoms with van der Waals surface area (Å²) in [5, 5.41) is 13.9. The molecule has 3 heterocycles. The molecule has 0 saturated carbocycles. The van der Waals surface area contributed by atoms with Crippen LogP contribution in [-0.4, -0.2) is 35.8 Å². The number of para-hydroxylation sites is 1. The SMILES string of the molecule is CC(CO)n1c(=O)c2c(-c3noc(-c4ccc(F)cc4F)n3)ncn2c2cccc(Cl)c21. The molecular weight excluding hydrogens is 444 g/mol. The molecule has 1 atom stereocenters. The summed E-state index contributed by atoms with van der Waals surface area (Å²) in [6, 6.07) is 7.51. The Bertz CT molecular complexity index is 1560. The van der Waals surface area contributed by atoms with Crippen molar-refractivity contribution < 1.29 is 18.4 Å². The molecule has 1 N–H and O–H groups in total. The van der Waals surface area contributed by atoms with Gasteiger partial charge in [0, 0.05) is 6.07 Å². The number of halogens is 3. The Kier molecular flexibility index (Phi) is 4.75. The highest BCUT2D eigenvalue weighted by Crippen LogP contribution is 2.29. The summed E-state index contributed by atoms with van der Waals surface area (Å²) >= 11 is 6.38. The Morgan fingerprint density at radius 2 is 2.03 bits per heavy atom. The molecular formula is C21H14ClF2N5O3. The third-order valence-corrected chi connectivity index (χ3v) is 5.46. The van der Waals surface area contributed by atoms with Gasteiger partial charge in [-0.1, -0.05) is 22.8 Å². The van der Waals surface area contributed by atoms with Crippen LogP contribution in [0.15, 0.2) is 52.0 Å². The average Bonchev–Trinajstić information content (AvgIpc) is 3.42. The number of aromatic nitrogens is 5. The van der Waals surface area contributed by atoms with E-state index in [0.29, 0.717) is 22.1 Å². The molecule has 8 nitrogen and oxygen atoms in total. The molecule has 162 valence electrons. The standard InChI is InChI=1S/C21H14ClF2N5O3/c1-10(8-30)29-17-13(22)3-2-4-15(17)28-9-25-16(18(28)21(29)31)19-26-20(32-27-19)12-6-5-11(23)7-14(12)24/h2-7,9-10,30H,8H2,1H3. The van der Waals surface area contributed by atoms with Gasteiger partial charge in [0.2, 0.25) is 5.82 Å². The fourth-order valence-electron chi connectivity index (χ4n) is 3.65. The molecule has 0 saturated heterocycles. The molecule has 0 aliphatic heterocycles. The number of hydrogen-bond donors (Lipinski definition) is 1. The molecule has 1 unspecified atom stereocenters. The summed E-state index contributed by atoms with van der Waals surface area (Å²) in [5.74, 6) is -1.84. The van der Waals surface area contributed by atoms with Gasteiger partial charge in [-0.3, -0.25) is 13.8 Å². The maximum Gasteiger partial charge on any atom is 0.278 e. The van der Waals surface area contributed by atoms with Crippen LogP contribution in [0, 0.1) is 11.6 Å². The summed E-state index contributed by atoms with van der Waals surface area (Å²) in [6.45, 7) is 1.39. The predicted molar refractivity (Wildman–Crippen MR) is 112 cm³/mol. The molecule has 5 aromatic rings. The maximum absolute atomic E-state index is 14.1. The third-order valence-electron chi connectivity index (χ3n) is 5.16. The number of imidazole rings is 1. The molecule has 32 heavy (non-hydrogen) atoms. The van der Waals surface area contributed by atoms with Crippen LogP contribution in [0.4, 0.5) is 8.78 Å². The van der Waals surface area contributed by atoms with Crippen LogP contribution in [0.2, 0.25) is 5.02 Å². The fraction of sp³-hybridized carbons (Fsp3) is 0.143. The average molecular weight is 458 g/mol. The number of aliphatic hydroxyl groups is 1. The van der Waals surface area contributed by atoms with Crippen molar-refractivity contribution in [2.45, 2.75) is 13.0 Å². The molecule has 2 aromatic carbocycles. The fourth-order valence-corrected chi connectivity index (χ4v) is 3.91. The normalized spacial score (nSPS) is 12.7. The molecule has 11 heteroatoms. The molecule has 0 spiro atoms. The lowest BCUT2D eigenvalue weighted by molar-refractivity contribution is 0.239. The van der Waals surface area contributed by atoms with Crippen LogP contribution in [0.5, 0.6) is 0 Å². The zero-order valence-electron chi connectivity index (χ0n) is 16.5. The van der Waals surface area contributed by atoms with Crippen molar-refractivity contribution in [3.8, 4) is 23.0 Å². The van der Waals surface area contributed by atoms with Gasteiger partial charge in [-0.25, -0.2) is 13.8 Å². The van der Waals surface area contributed by atoms with Gasteiger partial charge in [0.1, 0.15) is 29.2 Å². The summed E-state index contributed by atoms with van der Waals surface area (Å²) in [5.41, 5.74) is 0.704. The summed E-state index contributed by atoms with van der Waals surface area (Å²) in [6.07, 6.45) is 1.42. The van der Waals surface area contributed by atoms with Gasteiger partial charge >= 0.3 is 0 Å². The number of fused-ring (bicyclic) bond motifs is 3. The van der Waals surface area contributed by atoms with E-state index < -0.39 is 23.2 Å². The van der Waals surface area contributed by atoms with E-state index in [1.807, 2.05) is 0 Å². The highest BCUT2D eigenvalue weighted by atomic mass is 35.5. The minimum Gasteiger partial charge on any atom is -0.394 e. The van der Waals surface area contributed by atoms with Gasteiger partial charge in [-0.15, -0.1) is 0 Å². The summed E-state index contributed by atoms with van der Waals surface area (Å²) in [7, 11) is 0. The van der Waals surface area contributed by atoms with Crippen LogP contribution in [0.25, 0.3) is 39.5 Å². The Morgan fingerprint density at radius 1 is 1.22 bits per heavy atom. The Hall–Kier alpha value is -3.63. The van der Waals surface area contributed by atoms with Crippen LogP contribution in [-0.2, 0) is 0 Å². The van der Waals surface area contributed by atoms with Gasteiger partial charge in [-0.2, -0.15) is 4.98 Å². The van der Waals surface area contributed by atoms with E-state index in [2.05, 4.69) is 15.1 Å². The largest absolute Gasteiger partial charge is 0.394 e. The molecule has 0 aliphatic rings. The molecule has 0 radical (unpaired) electrons. The number of aliphatic hydroxyl groups excluding tert-OH is 1. The highest BCUT2D eigenvalue weighted by molar-refractivity contribution is 6.35. The van der Waals surface area contributed by atoms with Crippen LogP contribution < -0.4 is 5.56 Å². The van der Waals surface area contributed by atoms with Crippen molar-refractivity contribution in [1.82, 2.24) is 24.1 Å². The minimum atomic E-state index is -0.866. The first kappa shape index (κ1) is 20.3. The lowest BCUT2D eigenvalue weighted by Crippen LogP contribution is -2.27. The molecule has 0 amide bonds. The molecule has 5 rings (SSSR count). The number of benzene rings is 2. The minimum absolute atomic E-state index is 0.0482. The van der Waals surface area contributed by atoms with Gasteiger partial charge in [-0.05, 0) is 31.2 Å². The lowest BCUT2D eigenvalue weighted by atomic mass is 10.2. The Balaban J connectivity index is 1.77. The van der Waals surface area contributed by atoms with Gasteiger partial charge < -0.3 is 9.63 Å². The van der Waals surface area contributed by atoms with E-state index in [4.69, 9.17) is 16.1 Å². The van der Waals surface area contributed by atoms with Gasteiger partial charge in [0.25, 0.3) is 11.4 Å². The van der Waals surface area contributed by atoms with Crippen molar-refractivity contribution in [2.75, 3.05) is 6.61 Å². The Labute approximate surface area is 183 Å². The zero-order valence-corrected chi connectivity index (χ0v) is 17.2. The first-order valence-corrected chi connectivity index (χ1v) is 9.88. The van der Waals surface area contributed by atoms with Crippen molar-refractivity contribution in [1.29, 1.82) is 0 Å². The smallest absolute Gasteiger partial charge is 0.278 e. The number of rotatable bonds is 4. The van der Waals surface area contributed by atoms with Crippen molar-refractivity contribution in [3.05, 3.63) is 69.7 Å². The van der Waals surface area contributed by atoms with E-state index in [9.17, 15) is 18.7 Å². The van der Waals surface area contributed by atoms with E-state index in [1.54, 1.807) is 29.5 Å². The number of hydrogen-bond acceptors (Lipinski definition) is 6. The van der Waals surface area contributed by atoms with Crippen molar-refractivity contribution in [3.63, 3.8) is 0 Å². The molecule has 0 aliphatic carbocycles. The second kappa shape index (κ2) is 7.50. The first-order valence-electron chi connectivity index (χ1n) is 9.51. The predicted octanol–water partition coefficient (Wildman–Crippen LogP) is 3.85. The van der Waals surface area contributed by atoms with Crippen LogP contribution >= 0.6 is 11.6 Å². The van der Waals surface area contributed by atoms with Crippen LogP contribution in [0.3, 0.4) is 0 Å². The molecule has 0 fully saturated rings. The van der Waals surface area contributed by atoms with E-state index in [0.717, 1.165) is 6.07 Å². The van der Waals surface area contributed by atoms with Gasteiger partial charge in [0.15, 0.2) is 0 Å². The van der Waals surface area contributed by atoms with Crippen molar-refractivity contribution in [2.24, 2.45) is 0 Å². The lowest BCUT2D eigenvalue weighted by Gasteiger charge is -2.18. The molecule has 3 aromatic heterocycles. The summed E-state index contributed by atoms with van der Waals surface area (Å²) < 4.78 is 35.4. The highest BCUT2D eigenvalue weighted by Gasteiger charge is 2.24. The van der Waals surface area contributed by atoms with E-state index in [-0.39, 0.29) is 35.1 Å². The topological polar surface area (TPSA) is 98.5 Å². The third kappa shape index (κ3) is 2.99. The Morgan fingerprint density at radius 3 is 2.78 bits per heavy atom. The number of nitrogens with zero attached hydrogens (tertiary/aromatic N) is 5.